The highest BCUT2D eigenvalue weighted by atomic mass is 32.1. The number of nitrogens with zero attached hydrogens (tertiary/aromatic N) is 1. The van der Waals surface area contributed by atoms with E-state index >= 15 is 0 Å². The van der Waals surface area contributed by atoms with Crippen molar-refractivity contribution in [3.8, 4) is 0 Å². The second kappa shape index (κ2) is 7.01. The molecule has 0 bridgehead atoms. The van der Waals surface area contributed by atoms with Crippen molar-refractivity contribution in [2.24, 2.45) is 11.8 Å². The minimum Gasteiger partial charge on any atom is -0.460 e. The van der Waals surface area contributed by atoms with Crippen LogP contribution in [0.25, 0.3) is 0 Å². The molecule has 2 aliphatic rings. The molecule has 1 aliphatic heterocycles. The minimum absolute atomic E-state index is 0.144. The first kappa shape index (κ1) is 18.6. The van der Waals surface area contributed by atoms with Crippen LogP contribution in [-0.4, -0.2) is 51.9 Å². The van der Waals surface area contributed by atoms with Crippen molar-refractivity contribution in [2.45, 2.75) is 64.1 Å². The molecule has 0 aromatic carbocycles. The summed E-state index contributed by atoms with van der Waals surface area (Å²) in [6.07, 6.45) is 3.04. The van der Waals surface area contributed by atoms with Crippen molar-refractivity contribution in [3.63, 3.8) is 0 Å². The van der Waals surface area contributed by atoms with E-state index in [9.17, 15) is 14.7 Å². The Hall–Kier alpha value is -0.750. The molecule has 1 saturated heterocycles. The van der Waals surface area contributed by atoms with Crippen LogP contribution in [0.3, 0.4) is 0 Å². The molecular formula is C17H29NO4S. The van der Waals surface area contributed by atoms with Crippen LogP contribution in [-0.2, 0) is 14.3 Å². The first-order valence-electron chi connectivity index (χ1n) is 8.48. The van der Waals surface area contributed by atoms with Crippen LogP contribution < -0.4 is 0 Å². The second-order valence-electron chi connectivity index (χ2n) is 7.87. The number of carbonyl (C=O) groups excluding carboxylic acids is 2. The molecule has 1 aliphatic carbocycles. The van der Waals surface area contributed by atoms with E-state index in [2.05, 4.69) is 12.6 Å². The van der Waals surface area contributed by atoms with Gasteiger partial charge in [0.15, 0.2) is 0 Å². The van der Waals surface area contributed by atoms with Gasteiger partial charge in [0, 0.05) is 19.5 Å². The highest BCUT2D eigenvalue weighted by molar-refractivity contribution is 7.80. The molecule has 1 saturated carbocycles. The zero-order valence-corrected chi connectivity index (χ0v) is 15.3. The van der Waals surface area contributed by atoms with Crippen molar-refractivity contribution in [2.75, 3.05) is 18.8 Å². The van der Waals surface area contributed by atoms with Gasteiger partial charge >= 0.3 is 5.97 Å². The summed E-state index contributed by atoms with van der Waals surface area (Å²) in [7, 11) is 0. The molecule has 1 amide bonds. The third-order valence-electron chi connectivity index (χ3n) is 4.87. The summed E-state index contributed by atoms with van der Waals surface area (Å²) in [5, 5.41) is 10.8. The highest BCUT2D eigenvalue weighted by Crippen LogP contribution is 2.47. The molecule has 2 rings (SSSR count). The number of likely N-dealkylation sites (tertiary alicyclic amines) is 1. The van der Waals surface area contributed by atoms with Crippen molar-refractivity contribution in [1.82, 2.24) is 4.90 Å². The van der Waals surface area contributed by atoms with E-state index in [-0.39, 0.29) is 23.7 Å². The predicted octanol–water partition coefficient (Wildman–Crippen LogP) is 2.03. The van der Waals surface area contributed by atoms with Crippen molar-refractivity contribution in [3.05, 3.63) is 0 Å². The van der Waals surface area contributed by atoms with Crippen LogP contribution in [0.5, 0.6) is 0 Å². The Morgan fingerprint density at radius 1 is 1.26 bits per heavy atom. The van der Waals surface area contributed by atoms with E-state index in [1.54, 1.807) is 0 Å². The lowest BCUT2D eigenvalue weighted by atomic mass is 9.62. The van der Waals surface area contributed by atoms with Gasteiger partial charge in [-0.2, -0.15) is 12.6 Å². The Kier molecular flexibility index (Phi) is 5.67. The standard InChI is InChI=1S/C17H29NO4S/c1-16(2,3)22-15(20)12-10-17(21,11-12)13-4-7-18(8-5-13)14(19)6-9-23/h12-13,21,23H,4-11H2,1-3H3. The van der Waals surface area contributed by atoms with E-state index in [4.69, 9.17) is 4.74 Å². The molecule has 132 valence electrons. The van der Waals surface area contributed by atoms with Crippen LogP contribution in [0.4, 0.5) is 0 Å². The summed E-state index contributed by atoms with van der Waals surface area (Å²) in [6, 6.07) is 0. The number of piperidine rings is 1. The SMILES string of the molecule is CC(C)(C)OC(=O)C1CC(O)(C2CCN(C(=O)CCS)CC2)C1. The Morgan fingerprint density at radius 2 is 1.83 bits per heavy atom. The molecule has 0 unspecified atom stereocenters. The maximum absolute atomic E-state index is 12.0. The number of hydrogen-bond donors (Lipinski definition) is 2. The van der Waals surface area contributed by atoms with Crippen molar-refractivity contribution in [1.29, 1.82) is 0 Å². The first-order valence-corrected chi connectivity index (χ1v) is 9.12. The summed E-state index contributed by atoms with van der Waals surface area (Å²) in [4.78, 5) is 25.8. The first-order chi connectivity index (χ1) is 10.6. The summed E-state index contributed by atoms with van der Waals surface area (Å²) < 4.78 is 5.39. The molecule has 23 heavy (non-hydrogen) atoms. The summed E-state index contributed by atoms with van der Waals surface area (Å²) >= 11 is 4.09. The maximum atomic E-state index is 12.0. The van der Waals surface area contributed by atoms with E-state index < -0.39 is 11.2 Å². The zero-order valence-electron chi connectivity index (χ0n) is 14.4. The number of thiol groups is 1. The molecule has 5 nitrogen and oxygen atoms in total. The molecular weight excluding hydrogens is 314 g/mol. The zero-order chi connectivity index (χ0) is 17.3. The van der Waals surface area contributed by atoms with Crippen LogP contribution in [0.15, 0.2) is 0 Å². The Labute approximate surface area is 144 Å². The van der Waals surface area contributed by atoms with Gasteiger partial charge in [0.05, 0.1) is 11.5 Å². The number of hydrogen-bond acceptors (Lipinski definition) is 5. The molecule has 0 aromatic heterocycles. The van der Waals surface area contributed by atoms with Crippen molar-refractivity contribution >= 4 is 24.5 Å². The molecule has 2 fully saturated rings. The lowest BCUT2D eigenvalue weighted by molar-refractivity contribution is -0.184. The van der Waals surface area contributed by atoms with Crippen molar-refractivity contribution < 1.29 is 19.4 Å². The minimum atomic E-state index is -0.764. The molecule has 1 N–H and O–H groups in total. The van der Waals surface area contributed by atoms with Gasteiger partial charge in [0.25, 0.3) is 0 Å². The fraction of sp³-hybridized carbons (Fsp3) is 0.882. The van der Waals surface area contributed by atoms with Gasteiger partial charge in [-0.15, -0.1) is 0 Å². The normalized spacial score (nSPS) is 29.1. The summed E-state index contributed by atoms with van der Waals surface area (Å²) in [5.74, 6) is 0.485. The van der Waals surface area contributed by atoms with E-state index in [1.165, 1.54) is 0 Å². The Bertz CT molecular complexity index is 446. The van der Waals surface area contributed by atoms with Crippen LogP contribution >= 0.6 is 12.6 Å². The number of rotatable bonds is 4. The highest BCUT2D eigenvalue weighted by Gasteiger charge is 2.52. The second-order valence-corrected chi connectivity index (χ2v) is 8.32. The fourth-order valence-corrected chi connectivity index (χ4v) is 3.79. The third kappa shape index (κ3) is 4.63. The van der Waals surface area contributed by atoms with Gasteiger partial charge in [-0.25, -0.2) is 0 Å². The van der Waals surface area contributed by atoms with Gasteiger partial charge in [0.2, 0.25) is 5.91 Å². The average molecular weight is 343 g/mol. The van der Waals surface area contributed by atoms with Crippen LogP contribution in [0.2, 0.25) is 0 Å². The number of aliphatic hydroxyl groups is 1. The largest absolute Gasteiger partial charge is 0.460 e. The van der Waals surface area contributed by atoms with Gasteiger partial charge in [-0.05, 0) is 58.1 Å². The van der Waals surface area contributed by atoms with E-state index in [0.717, 1.165) is 12.8 Å². The summed E-state index contributed by atoms with van der Waals surface area (Å²) in [6.45, 7) is 6.95. The quantitative estimate of drug-likeness (QED) is 0.605. The number of amides is 1. The lowest BCUT2D eigenvalue weighted by Gasteiger charge is -2.50. The predicted molar refractivity (Wildman–Crippen MR) is 91.3 cm³/mol. The Balaban J connectivity index is 1.79. The van der Waals surface area contributed by atoms with Gasteiger partial charge in [0.1, 0.15) is 5.60 Å². The van der Waals surface area contributed by atoms with E-state index in [0.29, 0.717) is 38.1 Å². The third-order valence-corrected chi connectivity index (χ3v) is 5.10. The molecule has 0 aromatic rings. The number of carbonyl (C=O) groups is 2. The molecule has 0 radical (unpaired) electrons. The smallest absolute Gasteiger partial charge is 0.309 e. The van der Waals surface area contributed by atoms with Crippen LogP contribution in [0.1, 0.15) is 52.9 Å². The lowest BCUT2D eigenvalue weighted by Crippen LogP contribution is -2.56. The molecule has 0 spiro atoms. The number of ether oxygens (including phenoxy) is 1. The van der Waals surface area contributed by atoms with Gasteiger partial charge in [-0.3, -0.25) is 9.59 Å². The summed E-state index contributed by atoms with van der Waals surface area (Å²) in [5.41, 5.74) is -1.25. The molecule has 0 atom stereocenters. The van der Waals surface area contributed by atoms with Crippen LogP contribution in [0, 0.1) is 11.8 Å². The fourth-order valence-electron chi connectivity index (χ4n) is 3.60. The van der Waals surface area contributed by atoms with Gasteiger partial charge in [-0.1, -0.05) is 0 Å². The topological polar surface area (TPSA) is 66.8 Å². The molecule has 6 heteroatoms. The monoisotopic (exact) mass is 343 g/mol. The average Bonchev–Trinajstić information content (AvgIpc) is 2.42. The van der Waals surface area contributed by atoms with E-state index in [1.807, 2.05) is 25.7 Å². The Morgan fingerprint density at radius 3 is 2.30 bits per heavy atom. The van der Waals surface area contributed by atoms with Gasteiger partial charge < -0.3 is 14.7 Å². The maximum Gasteiger partial charge on any atom is 0.309 e. The molecule has 1 heterocycles. The number of esters is 1.